The average Bonchev–Trinajstić information content (AvgIpc) is 3.23. The lowest BCUT2D eigenvalue weighted by atomic mass is 10.0. The van der Waals surface area contributed by atoms with Crippen LogP contribution in [0.25, 0.3) is 11.4 Å². The van der Waals surface area contributed by atoms with E-state index in [4.69, 9.17) is 4.74 Å². The number of aryl methyl sites for hydroxylation is 2. The minimum Gasteiger partial charge on any atom is -0.490 e. The Hall–Kier alpha value is -3.70. The largest absolute Gasteiger partial charge is 0.490 e. The molecule has 0 aliphatic carbocycles. The van der Waals surface area contributed by atoms with Gasteiger partial charge in [-0.3, -0.25) is 9.48 Å². The number of rotatable bonds is 12. The molecule has 8 heteroatoms. The lowest BCUT2D eigenvalue weighted by molar-refractivity contribution is 0.0930. The van der Waals surface area contributed by atoms with Gasteiger partial charge in [-0.2, -0.15) is 10.4 Å². The minimum absolute atomic E-state index is 0.0496. The molecular formula is C28H35N5O3. The highest BCUT2D eigenvalue weighted by molar-refractivity contribution is 5.95. The Labute approximate surface area is 212 Å². The van der Waals surface area contributed by atoms with E-state index in [-0.39, 0.29) is 24.7 Å². The van der Waals surface area contributed by atoms with Crippen LogP contribution in [0.3, 0.4) is 0 Å². The number of ether oxygens (including phenoxy) is 1. The number of benzene rings is 2. The Bertz CT molecular complexity index is 1190. The number of amides is 1. The summed E-state index contributed by atoms with van der Waals surface area (Å²) in [5.74, 6) is 1.84. The number of carbonyl (C=O) groups excluding carboxylic acids is 1. The highest BCUT2D eigenvalue weighted by atomic mass is 16.5. The van der Waals surface area contributed by atoms with Crippen molar-refractivity contribution in [3.8, 4) is 23.2 Å². The highest BCUT2D eigenvalue weighted by Gasteiger charge is 2.17. The SMILES string of the molecule is CCCCc1nc(-c2ccc(CC(CCO)NC(=O)c3ccc(OC(C)C)c(C#N)c3)cc2)nn1C. The molecule has 0 spiro atoms. The quantitative estimate of drug-likeness (QED) is 0.394. The van der Waals surface area contributed by atoms with E-state index in [2.05, 4.69) is 28.4 Å². The van der Waals surface area contributed by atoms with Gasteiger partial charge in [0.15, 0.2) is 5.82 Å². The van der Waals surface area contributed by atoms with Gasteiger partial charge in [0.25, 0.3) is 5.91 Å². The highest BCUT2D eigenvalue weighted by Crippen LogP contribution is 2.22. The lowest BCUT2D eigenvalue weighted by Gasteiger charge is -2.19. The number of carbonyl (C=O) groups is 1. The van der Waals surface area contributed by atoms with Crippen LogP contribution >= 0.6 is 0 Å². The van der Waals surface area contributed by atoms with Crippen LogP contribution in [0.4, 0.5) is 0 Å². The van der Waals surface area contributed by atoms with Crippen molar-refractivity contribution in [1.82, 2.24) is 20.1 Å². The van der Waals surface area contributed by atoms with E-state index in [9.17, 15) is 15.2 Å². The Balaban J connectivity index is 1.68. The van der Waals surface area contributed by atoms with E-state index < -0.39 is 0 Å². The maximum atomic E-state index is 12.9. The summed E-state index contributed by atoms with van der Waals surface area (Å²) in [5.41, 5.74) is 2.65. The number of unbranched alkanes of at least 4 members (excludes halogenated alkanes) is 1. The van der Waals surface area contributed by atoms with Crippen molar-refractivity contribution in [2.24, 2.45) is 7.05 Å². The van der Waals surface area contributed by atoms with Gasteiger partial charge in [0.2, 0.25) is 0 Å². The molecule has 0 bridgehead atoms. The van der Waals surface area contributed by atoms with Gasteiger partial charge in [-0.05, 0) is 56.9 Å². The molecule has 3 aromatic rings. The second-order valence-corrected chi connectivity index (χ2v) is 9.15. The van der Waals surface area contributed by atoms with Crippen LogP contribution in [-0.4, -0.2) is 44.5 Å². The van der Waals surface area contributed by atoms with E-state index in [1.165, 1.54) is 6.07 Å². The summed E-state index contributed by atoms with van der Waals surface area (Å²) in [4.78, 5) is 17.6. The maximum absolute atomic E-state index is 12.9. The molecule has 0 aliphatic heterocycles. The first-order chi connectivity index (χ1) is 17.3. The van der Waals surface area contributed by atoms with E-state index in [0.717, 1.165) is 36.2 Å². The molecule has 1 amide bonds. The fourth-order valence-electron chi connectivity index (χ4n) is 3.93. The number of nitrogens with zero attached hydrogens (tertiary/aromatic N) is 4. The van der Waals surface area contributed by atoms with Crippen molar-refractivity contribution < 1.29 is 14.6 Å². The van der Waals surface area contributed by atoms with Crippen LogP contribution in [0.2, 0.25) is 0 Å². The Kier molecular flexibility index (Phi) is 9.60. The van der Waals surface area contributed by atoms with Crippen LogP contribution in [0.15, 0.2) is 42.5 Å². The first kappa shape index (κ1) is 26.9. The van der Waals surface area contributed by atoms with Crippen molar-refractivity contribution in [2.45, 2.75) is 65.0 Å². The van der Waals surface area contributed by atoms with E-state index in [0.29, 0.717) is 35.5 Å². The molecule has 2 aromatic carbocycles. The molecule has 0 fully saturated rings. The number of nitriles is 1. The first-order valence-electron chi connectivity index (χ1n) is 12.5. The normalized spacial score (nSPS) is 11.8. The second-order valence-electron chi connectivity index (χ2n) is 9.15. The van der Waals surface area contributed by atoms with Gasteiger partial charge in [0.05, 0.1) is 11.7 Å². The number of aromatic nitrogens is 3. The summed E-state index contributed by atoms with van der Waals surface area (Å²) in [6.07, 6.45) is 3.99. The Morgan fingerprint density at radius 3 is 2.61 bits per heavy atom. The first-order valence-corrected chi connectivity index (χ1v) is 12.5. The molecule has 8 nitrogen and oxygen atoms in total. The zero-order chi connectivity index (χ0) is 26.1. The van der Waals surface area contributed by atoms with Gasteiger partial charge in [0.1, 0.15) is 17.6 Å². The average molecular weight is 490 g/mol. The standard InChI is InChI=1S/C28H35N5O3/c1-5-6-7-26-31-27(32-33(26)4)21-10-8-20(9-11-21)16-24(14-15-34)30-28(35)22-12-13-25(36-19(2)3)23(17-22)18-29/h8-13,17,19,24,34H,5-7,14-16H2,1-4H3,(H,30,35). The van der Waals surface area contributed by atoms with Gasteiger partial charge in [-0.15, -0.1) is 0 Å². The molecule has 190 valence electrons. The van der Waals surface area contributed by atoms with Gasteiger partial charge < -0.3 is 15.2 Å². The topological polar surface area (TPSA) is 113 Å². The molecule has 0 aliphatic rings. The van der Waals surface area contributed by atoms with Gasteiger partial charge >= 0.3 is 0 Å². The second kappa shape index (κ2) is 12.8. The van der Waals surface area contributed by atoms with Crippen molar-refractivity contribution in [2.75, 3.05) is 6.61 Å². The summed E-state index contributed by atoms with van der Waals surface area (Å²) in [6, 6.07) is 14.6. The smallest absolute Gasteiger partial charge is 0.251 e. The van der Waals surface area contributed by atoms with Crippen molar-refractivity contribution >= 4 is 5.91 Å². The third-order valence-electron chi connectivity index (χ3n) is 5.84. The molecular weight excluding hydrogens is 454 g/mol. The summed E-state index contributed by atoms with van der Waals surface area (Å²) >= 11 is 0. The van der Waals surface area contributed by atoms with Gasteiger partial charge in [-0.1, -0.05) is 37.6 Å². The number of aliphatic hydroxyl groups excluding tert-OH is 1. The molecule has 0 radical (unpaired) electrons. The molecule has 1 heterocycles. The summed E-state index contributed by atoms with van der Waals surface area (Å²) in [5, 5.41) is 26.5. The predicted octanol–water partition coefficient (Wildman–Crippen LogP) is 4.21. The fourth-order valence-corrected chi connectivity index (χ4v) is 3.93. The van der Waals surface area contributed by atoms with Crippen LogP contribution in [0, 0.1) is 11.3 Å². The molecule has 1 aromatic heterocycles. The molecule has 0 saturated heterocycles. The summed E-state index contributed by atoms with van der Waals surface area (Å²) in [6.45, 7) is 5.87. The van der Waals surface area contributed by atoms with E-state index in [1.54, 1.807) is 12.1 Å². The van der Waals surface area contributed by atoms with Crippen LogP contribution < -0.4 is 10.1 Å². The number of hydrogen-bond acceptors (Lipinski definition) is 6. The summed E-state index contributed by atoms with van der Waals surface area (Å²) < 4.78 is 7.48. The number of aliphatic hydroxyl groups is 1. The van der Waals surface area contributed by atoms with Crippen LogP contribution in [-0.2, 0) is 19.9 Å². The zero-order valence-electron chi connectivity index (χ0n) is 21.5. The molecule has 0 saturated carbocycles. The minimum atomic E-state index is -0.296. The van der Waals surface area contributed by atoms with Gasteiger partial charge in [0, 0.05) is 37.2 Å². The molecule has 2 N–H and O–H groups in total. The lowest BCUT2D eigenvalue weighted by Crippen LogP contribution is -2.37. The predicted molar refractivity (Wildman–Crippen MR) is 139 cm³/mol. The van der Waals surface area contributed by atoms with Crippen molar-refractivity contribution in [1.29, 1.82) is 5.26 Å². The Morgan fingerprint density at radius 1 is 1.22 bits per heavy atom. The zero-order valence-corrected chi connectivity index (χ0v) is 21.5. The van der Waals surface area contributed by atoms with Crippen LogP contribution in [0.1, 0.15) is 67.3 Å². The van der Waals surface area contributed by atoms with Crippen molar-refractivity contribution in [3.05, 3.63) is 65.0 Å². The van der Waals surface area contributed by atoms with Gasteiger partial charge in [-0.25, -0.2) is 4.98 Å². The third-order valence-corrected chi connectivity index (χ3v) is 5.84. The fraction of sp³-hybridized carbons (Fsp3) is 0.429. The molecule has 3 rings (SSSR count). The van der Waals surface area contributed by atoms with Crippen molar-refractivity contribution in [3.63, 3.8) is 0 Å². The monoisotopic (exact) mass is 489 g/mol. The Morgan fingerprint density at radius 2 is 1.97 bits per heavy atom. The third kappa shape index (κ3) is 7.15. The molecule has 36 heavy (non-hydrogen) atoms. The van der Waals surface area contributed by atoms with E-state index in [1.807, 2.05) is 49.8 Å². The summed E-state index contributed by atoms with van der Waals surface area (Å²) in [7, 11) is 1.92. The molecule has 1 atom stereocenters. The number of hydrogen-bond donors (Lipinski definition) is 2. The molecule has 1 unspecified atom stereocenters. The number of nitrogens with one attached hydrogen (secondary N) is 1. The van der Waals surface area contributed by atoms with Crippen LogP contribution in [0.5, 0.6) is 5.75 Å². The van der Waals surface area contributed by atoms with E-state index >= 15 is 0 Å². The maximum Gasteiger partial charge on any atom is 0.251 e.